The fraction of sp³-hybridized carbons (Fsp3) is 0.250. The molecule has 6 heteroatoms. The molecular formula is C12H8F3NO2. The molecule has 94 valence electrons. The van der Waals surface area contributed by atoms with E-state index in [1.54, 1.807) is 12.1 Å². The third-order valence-electron chi connectivity index (χ3n) is 2.48. The largest absolute Gasteiger partial charge is 0.493 e. The minimum atomic E-state index is -4.64. The summed E-state index contributed by atoms with van der Waals surface area (Å²) in [6, 6.07) is 6.18. The minimum Gasteiger partial charge on any atom is -0.493 e. The van der Waals surface area contributed by atoms with E-state index in [9.17, 15) is 13.2 Å². The molecule has 0 N–H and O–H groups in total. The quantitative estimate of drug-likeness (QED) is 0.774. The van der Waals surface area contributed by atoms with E-state index in [2.05, 4.69) is 0 Å². The van der Waals surface area contributed by atoms with Crippen LogP contribution in [-0.4, -0.2) is 19.4 Å². The highest BCUT2D eigenvalue weighted by Gasteiger charge is 2.46. The summed E-state index contributed by atoms with van der Waals surface area (Å²) in [5, 5.41) is 8.75. The van der Waals surface area contributed by atoms with Crippen molar-refractivity contribution in [3.63, 3.8) is 0 Å². The fourth-order valence-electron chi connectivity index (χ4n) is 1.69. The second-order valence-electron chi connectivity index (χ2n) is 3.63. The van der Waals surface area contributed by atoms with Crippen molar-refractivity contribution in [1.82, 2.24) is 0 Å². The molecule has 2 rings (SSSR count). The predicted molar refractivity (Wildman–Crippen MR) is 57.1 cm³/mol. The molecule has 0 bridgehead atoms. The van der Waals surface area contributed by atoms with Crippen LogP contribution >= 0.6 is 0 Å². The molecule has 18 heavy (non-hydrogen) atoms. The second-order valence-corrected chi connectivity index (χ2v) is 3.63. The third-order valence-corrected chi connectivity index (χ3v) is 2.48. The number of methoxy groups -OCH3 is 1. The van der Waals surface area contributed by atoms with Gasteiger partial charge in [0, 0.05) is 5.56 Å². The second kappa shape index (κ2) is 4.26. The number of nitrogens with zero attached hydrogens (tertiary/aromatic N) is 1. The van der Waals surface area contributed by atoms with Crippen molar-refractivity contribution < 1.29 is 22.6 Å². The number of benzene rings is 1. The molecule has 1 heterocycles. The highest BCUT2D eigenvalue weighted by Crippen LogP contribution is 2.41. The normalized spacial score (nSPS) is 18.2. The standard InChI is InChI=1S/C12H8F3NO2/c1-17-9-4-2-3-7-5-8(6-16)11(12(13,14)15)18-10(7)9/h2-5,11H,1H3/t11-/m0/s1. The van der Waals surface area contributed by atoms with Gasteiger partial charge in [-0.2, -0.15) is 18.4 Å². The maximum Gasteiger partial charge on any atom is 0.430 e. The lowest BCUT2D eigenvalue weighted by Crippen LogP contribution is -2.37. The highest BCUT2D eigenvalue weighted by molar-refractivity contribution is 5.69. The van der Waals surface area contributed by atoms with Gasteiger partial charge in [0.05, 0.1) is 18.8 Å². The van der Waals surface area contributed by atoms with Gasteiger partial charge >= 0.3 is 6.18 Å². The average Bonchev–Trinajstić information content (AvgIpc) is 2.35. The topological polar surface area (TPSA) is 42.2 Å². The SMILES string of the molecule is COc1cccc2c1O[C@H](C(F)(F)F)C(C#N)=C2. The lowest BCUT2D eigenvalue weighted by Gasteiger charge is -2.26. The van der Waals surface area contributed by atoms with E-state index in [0.29, 0.717) is 5.56 Å². The lowest BCUT2D eigenvalue weighted by molar-refractivity contribution is -0.182. The van der Waals surface area contributed by atoms with Crippen molar-refractivity contribution >= 4 is 6.08 Å². The van der Waals surface area contributed by atoms with E-state index in [-0.39, 0.29) is 11.5 Å². The summed E-state index contributed by atoms with van der Waals surface area (Å²) < 4.78 is 48.1. The van der Waals surface area contributed by atoms with Gasteiger partial charge in [0.15, 0.2) is 11.5 Å². The molecule has 0 aromatic heterocycles. The van der Waals surface area contributed by atoms with E-state index in [0.717, 1.165) is 0 Å². The fourth-order valence-corrected chi connectivity index (χ4v) is 1.69. The van der Waals surface area contributed by atoms with Crippen LogP contribution in [-0.2, 0) is 0 Å². The van der Waals surface area contributed by atoms with Crippen molar-refractivity contribution in [2.24, 2.45) is 0 Å². The van der Waals surface area contributed by atoms with Crippen LogP contribution in [0.2, 0.25) is 0 Å². The predicted octanol–water partition coefficient (Wildman–Crippen LogP) is 2.93. The van der Waals surface area contributed by atoms with E-state index in [1.165, 1.54) is 25.3 Å². The van der Waals surface area contributed by atoms with Crippen LogP contribution in [0.4, 0.5) is 13.2 Å². The molecule has 3 nitrogen and oxygen atoms in total. The van der Waals surface area contributed by atoms with Gasteiger partial charge in [0.1, 0.15) is 0 Å². The average molecular weight is 255 g/mol. The van der Waals surface area contributed by atoms with E-state index in [1.807, 2.05) is 0 Å². The summed E-state index contributed by atoms with van der Waals surface area (Å²) in [4.78, 5) is 0. The number of rotatable bonds is 1. The Bertz CT molecular complexity index is 543. The number of fused-ring (bicyclic) bond motifs is 1. The molecule has 0 aliphatic carbocycles. The monoisotopic (exact) mass is 255 g/mol. The van der Waals surface area contributed by atoms with Crippen LogP contribution < -0.4 is 9.47 Å². The van der Waals surface area contributed by atoms with Gasteiger partial charge in [-0.3, -0.25) is 0 Å². The molecule has 1 aromatic carbocycles. The molecule has 1 aliphatic rings. The Hall–Kier alpha value is -2.16. The molecule has 0 spiro atoms. The first-order valence-electron chi connectivity index (χ1n) is 4.99. The Morgan fingerprint density at radius 2 is 2.11 bits per heavy atom. The molecule has 1 aliphatic heterocycles. The summed E-state index contributed by atoms with van der Waals surface area (Å²) in [6.07, 6.45) is -5.72. The molecule has 0 fully saturated rings. The van der Waals surface area contributed by atoms with Crippen molar-refractivity contribution in [3.8, 4) is 17.6 Å². The molecule has 0 saturated carbocycles. The van der Waals surface area contributed by atoms with Gasteiger partial charge in [0.25, 0.3) is 0 Å². The van der Waals surface area contributed by atoms with Crippen LogP contribution in [0, 0.1) is 11.3 Å². The maximum atomic E-state index is 12.8. The van der Waals surface area contributed by atoms with Crippen LogP contribution in [0.25, 0.3) is 6.08 Å². The van der Waals surface area contributed by atoms with Crippen LogP contribution in [0.3, 0.4) is 0 Å². The van der Waals surface area contributed by atoms with Crippen molar-refractivity contribution in [3.05, 3.63) is 29.3 Å². The number of alkyl halides is 3. The molecule has 0 unspecified atom stereocenters. The molecule has 1 aromatic rings. The Morgan fingerprint density at radius 1 is 1.39 bits per heavy atom. The number of halogens is 3. The Labute approximate surface area is 101 Å². The third kappa shape index (κ3) is 1.99. The van der Waals surface area contributed by atoms with Crippen molar-refractivity contribution in [2.75, 3.05) is 7.11 Å². The highest BCUT2D eigenvalue weighted by atomic mass is 19.4. The number of hydrogen-bond donors (Lipinski definition) is 0. The first kappa shape index (κ1) is 12.3. The first-order valence-corrected chi connectivity index (χ1v) is 4.99. The zero-order chi connectivity index (χ0) is 13.3. The van der Waals surface area contributed by atoms with Gasteiger partial charge in [-0.25, -0.2) is 0 Å². The van der Waals surface area contributed by atoms with Gasteiger partial charge < -0.3 is 9.47 Å². The Balaban J connectivity index is 2.54. The van der Waals surface area contributed by atoms with Crippen molar-refractivity contribution in [2.45, 2.75) is 12.3 Å². The molecule has 0 radical (unpaired) electrons. The van der Waals surface area contributed by atoms with Crippen LogP contribution in [0.15, 0.2) is 23.8 Å². The van der Waals surface area contributed by atoms with E-state index in [4.69, 9.17) is 14.7 Å². The van der Waals surface area contributed by atoms with Gasteiger partial charge in [-0.1, -0.05) is 12.1 Å². The van der Waals surface area contributed by atoms with Gasteiger partial charge in [-0.15, -0.1) is 0 Å². The molecule has 1 atom stereocenters. The summed E-state index contributed by atoms with van der Waals surface area (Å²) in [5.41, 5.74) is -0.0744. The van der Waals surface area contributed by atoms with Crippen LogP contribution in [0.5, 0.6) is 11.5 Å². The summed E-state index contributed by atoms with van der Waals surface area (Å²) in [6.45, 7) is 0. The van der Waals surface area contributed by atoms with E-state index < -0.39 is 17.9 Å². The zero-order valence-electron chi connectivity index (χ0n) is 9.28. The first-order chi connectivity index (χ1) is 8.47. The number of ether oxygens (including phenoxy) is 2. The number of hydrogen-bond acceptors (Lipinski definition) is 3. The van der Waals surface area contributed by atoms with Gasteiger partial charge in [-0.05, 0) is 12.1 Å². The molecular weight excluding hydrogens is 247 g/mol. The van der Waals surface area contributed by atoms with Gasteiger partial charge in [0.2, 0.25) is 6.10 Å². The molecule has 0 amide bonds. The molecule has 0 saturated heterocycles. The lowest BCUT2D eigenvalue weighted by atomic mass is 10.0. The number of nitriles is 1. The maximum absolute atomic E-state index is 12.8. The summed E-state index contributed by atoms with van der Waals surface area (Å²) >= 11 is 0. The minimum absolute atomic E-state index is 0.00123. The number of para-hydroxylation sites is 1. The van der Waals surface area contributed by atoms with E-state index >= 15 is 0 Å². The zero-order valence-corrected chi connectivity index (χ0v) is 9.28. The summed E-state index contributed by atoms with van der Waals surface area (Å²) in [7, 11) is 1.34. The Morgan fingerprint density at radius 3 is 2.67 bits per heavy atom. The summed E-state index contributed by atoms with van der Waals surface area (Å²) in [5.74, 6) is 0.205. The van der Waals surface area contributed by atoms with Crippen LogP contribution in [0.1, 0.15) is 5.56 Å². The van der Waals surface area contributed by atoms with Crippen molar-refractivity contribution in [1.29, 1.82) is 5.26 Å². The smallest absolute Gasteiger partial charge is 0.430 e. The Kier molecular flexibility index (Phi) is 2.91.